The molecule has 1 aliphatic rings. The van der Waals surface area contributed by atoms with E-state index in [1.165, 1.54) is 11.9 Å². The molecule has 0 spiro atoms. The molecule has 7 heteroatoms. The van der Waals surface area contributed by atoms with E-state index in [-0.39, 0.29) is 6.54 Å². The molecule has 25 heavy (non-hydrogen) atoms. The highest BCUT2D eigenvalue weighted by Crippen LogP contribution is 2.33. The van der Waals surface area contributed by atoms with Crippen LogP contribution < -0.4 is 4.90 Å². The monoisotopic (exact) mass is 376 g/mol. The summed E-state index contributed by atoms with van der Waals surface area (Å²) in [5.41, 5.74) is 1.73. The predicted octanol–water partition coefficient (Wildman–Crippen LogP) is 3.56. The lowest BCUT2D eigenvalue weighted by Gasteiger charge is -2.22. The second kappa shape index (κ2) is 6.50. The lowest BCUT2D eigenvalue weighted by Crippen LogP contribution is -2.41. The SMILES string of the molecule is Cc1c(Cl)ccc(N(C)C(=O)CN2C(=O)c3ccccc3C2=O)c1Cl. The maximum atomic E-state index is 12.6. The molecule has 0 saturated heterocycles. The Kier molecular flexibility index (Phi) is 4.54. The number of rotatable bonds is 3. The van der Waals surface area contributed by atoms with Crippen molar-refractivity contribution in [2.75, 3.05) is 18.5 Å². The fraction of sp³-hybridized carbons (Fsp3) is 0.167. The van der Waals surface area contributed by atoms with Crippen molar-refractivity contribution in [1.29, 1.82) is 0 Å². The van der Waals surface area contributed by atoms with Crippen LogP contribution in [0.3, 0.4) is 0 Å². The minimum absolute atomic E-state index is 0.309. The van der Waals surface area contributed by atoms with Gasteiger partial charge in [0.1, 0.15) is 6.54 Å². The quantitative estimate of drug-likeness (QED) is 0.769. The fourth-order valence-corrected chi connectivity index (χ4v) is 3.16. The number of nitrogens with zero attached hydrogens (tertiary/aromatic N) is 2. The van der Waals surface area contributed by atoms with Crippen LogP contribution in [0, 0.1) is 6.92 Å². The molecule has 0 fully saturated rings. The van der Waals surface area contributed by atoms with Gasteiger partial charge in [-0.2, -0.15) is 0 Å². The van der Waals surface area contributed by atoms with Gasteiger partial charge in [-0.15, -0.1) is 0 Å². The third-order valence-corrected chi connectivity index (χ3v) is 5.09. The van der Waals surface area contributed by atoms with Crippen molar-refractivity contribution >= 4 is 46.6 Å². The Balaban J connectivity index is 1.83. The summed E-state index contributed by atoms with van der Waals surface area (Å²) in [4.78, 5) is 39.6. The van der Waals surface area contributed by atoms with Crippen LogP contribution in [0.15, 0.2) is 36.4 Å². The molecule has 0 bridgehead atoms. The van der Waals surface area contributed by atoms with Gasteiger partial charge in [-0.3, -0.25) is 19.3 Å². The summed E-state index contributed by atoms with van der Waals surface area (Å²) < 4.78 is 0. The maximum absolute atomic E-state index is 12.6. The molecule has 0 N–H and O–H groups in total. The summed E-state index contributed by atoms with van der Waals surface area (Å²) in [6.45, 7) is 1.39. The molecule has 1 aliphatic heterocycles. The van der Waals surface area contributed by atoms with Crippen LogP contribution in [0.2, 0.25) is 10.0 Å². The van der Waals surface area contributed by atoms with Gasteiger partial charge in [0.15, 0.2) is 0 Å². The number of carbonyl (C=O) groups is 3. The van der Waals surface area contributed by atoms with Crippen LogP contribution in [0.5, 0.6) is 0 Å². The van der Waals surface area contributed by atoms with Crippen molar-refractivity contribution in [3.63, 3.8) is 0 Å². The Bertz CT molecular complexity index is 876. The summed E-state index contributed by atoms with van der Waals surface area (Å²) >= 11 is 12.3. The molecule has 0 aromatic heterocycles. The lowest BCUT2D eigenvalue weighted by atomic mass is 10.1. The molecule has 2 aromatic rings. The van der Waals surface area contributed by atoms with Crippen molar-refractivity contribution in [2.24, 2.45) is 0 Å². The number of imide groups is 1. The van der Waals surface area contributed by atoms with E-state index in [9.17, 15) is 14.4 Å². The zero-order chi connectivity index (χ0) is 18.3. The molecule has 0 radical (unpaired) electrons. The van der Waals surface area contributed by atoms with Gasteiger partial charge in [-0.1, -0.05) is 35.3 Å². The lowest BCUT2D eigenvalue weighted by molar-refractivity contribution is -0.118. The normalized spacial score (nSPS) is 13.2. The van der Waals surface area contributed by atoms with Gasteiger partial charge in [0.25, 0.3) is 11.8 Å². The van der Waals surface area contributed by atoms with E-state index in [1.54, 1.807) is 43.3 Å². The van der Waals surface area contributed by atoms with Crippen LogP contribution in [-0.2, 0) is 4.79 Å². The average molecular weight is 377 g/mol. The van der Waals surface area contributed by atoms with E-state index in [1.807, 2.05) is 0 Å². The molecule has 0 aliphatic carbocycles. The Labute approximate surface area is 154 Å². The van der Waals surface area contributed by atoms with E-state index in [2.05, 4.69) is 0 Å². The Morgan fingerprint density at radius 3 is 2.16 bits per heavy atom. The number of carbonyl (C=O) groups excluding carboxylic acids is 3. The molecule has 0 unspecified atom stereocenters. The van der Waals surface area contributed by atoms with Crippen LogP contribution in [0.25, 0.3) is 0 Å². The first kappa shape index (κ1) is 17.5. The number of hydrogen-bond donors (Lipinski definition) is 0. The Morgan fingerprint density at radius 2 is 1.60 bits per heavy atom. The van der Waals surface area contributed by atoms with Gasteiger partial charge in [-0.05, 0) is 36.8 Å². The molecule has 128 valence electrons. The number of hydrogen-bond acceptors (Lipinski definition) is 3. The van der Waals surface area contributed by atoms with Gasteiger partial charge >= 0.3 is 0 Å². The van der Waals surface area contributed by atoms with Crippen LogP contribution in [-0.4, -0.2) is 36.2 Å². The zero-order valence-electron chi connectivity index (χ0n) is 13.5. The van der Waals surface area contributed by atoms with Gasteiger partial charge in [0.2, 0.25) is 5.91 Å². The smallest absolute Gasteiger partial charge is 0.262 e. The molecule has 3 rings (SSSR count). The van der Waals surface area contributed by atoms with Crippen molar-refractivity contribution in [1.82, 2.24) is 4.90 Å². The molecule has 2 aromatic carbocycles. The van der Waals surface area contributed by atoms with E-state index in [4.69, 9.17) is 23.2 Å². The minimum atomic E-state index is -0.472. The van der Waals surface area contributed by atoms with E-state index in [0.717, 1.165) is 4.90 Å². The summed E-state index contributed by atoms with van der Waals surface area (Å²) in [7, 11) is 1.54. The van der Waals surface area contributed by atoms with Gasteiger partial charge in [0, 0.05) is 12.1 Å². The number of amides is 3. The highest BCUT2D eigenvalue weighted by atomic mass is 35.5. The zero-order valence-corrected chi connectivity index (χ0v) is 15.1. The molecule has 0 atom stereocenters. The maximum Gasteiger partial charge on any atom is 0.262 e. The van der Waals surface area contributed by atoms with E-state index < -0.39 is 17.7 Å². The number of likely N-dealkylation sites (N-methyl/N-ethyl adjacent to an activating group) is 1. The average Bonchev–Trinajstić information content (AvgIpc) is 2.84. The van der Waals surface area contributed by atoms with Crippen LogP contribution in [0.1, 0.15) is 26.3 Å². The first-order valence-electron chi connectivity index (χ1n) is 7.49. The second-order valence-corrected chi connectivity index (χ2v) is 6.49. The van der Waals surface area contributed by atoms with Gasteiger partial charge in [0.05, 0.1) is 21.8 Å². The Morgan fingerprint density at radius 1 is 1.04 bits per heavy atom. The first-order valence-corrected chi connectivity index (χ1v) is 8.25. The van der Waals surface area contributed by atoms with Gasteiger partial charge < -0.3 is 4.90 Å². The molecule has 1 heterocycles. The largest absolute Gasteiger partial charge is 0.312 e. The summed E-state index contributed by atoms with van der Waals surface area (Å²) in [5.74, 6) is -1.38. The highest BCUT2D eigenvalue weighted by Gasteiger charge is 2.37. The predicted molar refractivity (Wildman–Crippen MR) is 96.4 cm³/mol. The number of fused-ring (bicyclic) bond motifs is 1. The highest BCUT2D eigenvalue weighted by molar-refractivity contribution is 6.38. The number of halogens is 2. The minimum Gasteiger partial charge on any atom is -0.312 e. The molecular formula is C18H14Cl2N2O3. The second-order valence-electron chi connectivity index (χ2n) is 5.70. The first-order chi connectivity index (χ1) is 11.8. The molecule has 3 amide bonds. The standard InChI is InChI=1S/C18H14Cl2N2O3/c1-10-13(19)7-8-14(16(10)20)21(2)15(23)9-22-17(24)11-5-3-4-6-12(11)18(22)25/h3-8H,9H2,1-2H3. The summed E-state index contributed by atoms with van der Waals surface area (Å²) in [6, 6.07) is 9.77. The summed E-state index contributed by atoms with van der Waals surface area (Å²) in [6.07, 6.45) is 0. The van der Waals surface area contributed by atoms with Crippen LogP contribution >= 0.6 is 23.2 Å². The van der Waals surface area contributed by atoms with Crippen LogP contribution in [0.4, 0.5) is 5.69 Å². The third kappa shape index (κ3) is 2.90. The molecule has 5 nitrogen and oxygen atoms in total. The van der Waals surface area contributed by atoms with Crippen molar-refractivity contribution in [3.05, 3.63) is 63.1 Å². The summed E-state index contributed by atoms with van der Waals surface area (Å²) in [5, 5.41) is 0.848. The van der Waals surface area contributed by atoms with E-state index in [0.29, 0.717) is 32.4 Å². The fourth-order valence-electron chi connectivity index (χ4n) is 2.66. The van der Waals surface area contributed by atoms with Gasteiger partial charge in [-0.25, -0.2) is 0 Å². The topological polar surface area (TPSA) is 57.7 Å². The third-order valence-electron chi connectivity index (χ3n) is 4.21. The molecule has 0 saturated carbocycles. The van der Waals surface area contributed by atoms with Crippen molar-refractivity contribution < 1.29 is 14.4 Å². The van der Waals surface area contributed by atoms with Crippen molar-refractivity contribution in [3.8, 4) is 0 Å². The number of anilines is 1. The Hall–Kier alpha value is -2.37. The number of benzene rings is 2. The van der Waals surface area contributed by atoms with Crippen molar-refractivity contribution in [2.45, 2.75) is 6.92 Å². The van der Waals surface area contributed by atoms with E-state index >= 15 is 0 Å². The molecular weight excluding hydrogens is 363 g/mol.